The highest BCUT2D eigenvalue weighted by Gasteiger charge is 2.11. The van der Waals surface area contributed by atoms with Gasteiger partial charge in [-0.2, -0.15) is 0 Å². The zero-order valence-corrected chi connectivity index (χ0v) is 10.4. The molecule has 0 unspecified atom stereocenters. The second-order valence-electron chi connectivity index (χ2n) is 4.19. The molecule has 1 N–H and O–H groups in total. The molecular weight excluding hydrogens is 221 g/mol. The number of nitrogens with zero attached hydrogens (tertiary/aromatic N) is 2. The monoisotopic (exact) mass is 239 g/mol. The van der Waals surface area contributed by atoms with Crippen molar-refractivity contribution in [3.05, 3.63) is 29.8 Å². The molecule has 0 aliphatic rings. The summed E-state index contributed by atoms with van der Waals surface area (Å²) in [5.41, 5.74) is 0.0344. The second kappa shape index (κ2) is 6.30. The van der Waals surface area contributed by atoms with E-state index >= 15 is 0 Å². The molecule has 0 saturated heterocycles. The van der Waals surface area contributed by atoms with Crippen molar-refractivity contribution in [3.63, 3.8) is 0 Å². The molecule has 0 atom stereocenters. The Balaban J connectivity index is 2.43. The number of hydrogen-bond donors (Lipinski definition) is 1. The summed E-state index contributed by atoms with van der Waals surface area (Å²) in [6.07, 6.45) is 2.44. The van der Waals surface area contributed by atoms with Crippen LogP contribution in [0.2, 0.25) is 0 Å². The standard InChI is InChI=1S/C12H18FN3O/c1-9(2)16(3)7-6-15-12(17)10-4-5-14-8-11(10)13/h4-5,8-9H,6-7H2,1-3H3,(H,15,17). The van der Waals surface area contributed by atoms with Gasteiger partial charge in [0.2, 0.25) is 0 Å². The SMILES string of the molecule is CC(C)N(C)CCNC(=O)c1ccncc1F. The molecule has 0 radical (unpaired) electrons. The molecule has 0 aliphatic carbocycles. The van der Waals surface area contributed by atoms with Crippen molar-refractivity contribution >= 4 is 5.91 Å². The Bertz CT molecular complexity index is 382. The number of carbonyl (C=O) groups excluding carboxylic acids is 1. The van der Waals surface area contributed by atoms with E-state index < -0.39 is 11.7 Å². The topological polar surface area (TPSA) is 45.2 Å². The molecule has 1 heterocycles. The van der Waals surface area contributed by atoms with Crippen LogP contribution < -0.4 is 5.32 Å². The van der Waals surface area contributed by atoms with Crippen LogP contribution in [0.1, 0.15) is 24.2 Å². The van der Waals surface area contributed by atoms with Gasteiger partial charge in [-0.1, -0.05) is 0 Å². The van der Waals surface area contributed by atoms with Gasteiger partial charge in [0.05, 0.1) is 11.8 Å². The van der Waals surface area contributed by atoms with Crippen molar-refractivity contribution < 1.29 is 9.18 Å². The van der Waals surface area contributed by atoms with E-state index in [2.05, 4.69) is 29.0 Å². The first-order valence-electron chi connectivity index (χ1n) is 5.60. The smallest absolute Gasteiger partial charge is 0.254 e. The van der Waals surface area contributed by atoms with Crippen molar-refractivity contribution in [2.75, 3.05) is 20.1 Å². The molecule has 94 valence electrons. The largest absolute Gasteiger partial charge is 0.351 e. The molecule has 1 rings (SSSR count). The van der Waals surface area contributed by atoms with Crippen LogP contribution >= 0.6 is 0 Å². The fourth-order valence-corrected chi connectivity index (χ4v) is 1.26. The molecular formula is C12H18FN3O. The number of nitrogens with one attached hydrogen (secondary N) is 1. The number of rotatable bonds is 5. The highest BCUT2D eigenvalue weighted by Crippen LogP contribution is 2.03. The van der Waals surface area contributed by atoms with Gasteiger partial charge in [0, 0.05) is 25.3 Å². The van der Waals surface area contributed by atoms with Gasteiger partial charge in [-0.3, -0.25) is 9.78 Å². The van der Waals surface area contributed by atoms with Gasteiger partial charge in [0.1, 0.15) is 0 Å². The molecule has 0 spiro atoms. The average molecular weight is 239 g/mol. The van der Waals surface area contributed by atoms with Crippen molar-refractivity contribution in [1.29, 1.82) is 0 Å². The lowest BCUT2D eigenvalue weighted by molar-refractivity contribution is 0.0944. The van der Waals surface area contributed by atoms with Crippen LogP contribution in [0.25, 0.3) is 0 Å². The molecule has 0 bridgehead atoms. The van der Waals surface area contributed by atoms with Crippen LogP contribution in [0.4, 0.5) is 4.39 Å². The van der Waals surface area contributed by atoms with E-state index in [4.69, 9.17) is 0 Å². The van der Waals surface area contributed by atoms with Crippen molar-refractivity contribution in [2.45, 2.75) is 19.9 Å². The molecule has 1 aromatic heterocycles. The summed E-state index contributed by atoms with van der Waals surface area (Å²) in [6.45, 7) is 5.38. The third-order valence-corrected chi connectivity index (χ3v) is 2.65. The summed E-state index contributed by atoms with van der Waals surface area (Å²) >= 11 is 0. The molecule has 1 aromatic rings. The van der Waals surface area contributed by atoms with E-state index in [0.717, 1.165) is 12.7 Å². The maximum Gasteiger partial charge on any atom is 0.254 e. The summed E-state index contributed by atoms with van der Waals surface area (Å²) in [4.78, 5) is 17.3. The highest BCUT2D eigenvalue weighted by atomic mass is 19.1. The van der Waals surface area contributed by atoms with Gasteiger partial charge in [0.15, 0.2) is 5.82 Å². The van der Waals surface area contributed by atoms with Gasteiger partial charge >= 0.3 is 0 Å². The van der Waals surface area contributed by atoms with E-state index in [9.17, 15) is 9.18 Å². The summed E-state index contributed by atoms with van der Waals surface area (Å²) in [6, 6.07) is 1.79. The quantitative estimate of drug-likeness (QED) is 0.842. The van der Waals surface area contributed by atoms with Crippen LogP contribution in [-0.2, 0) is 0 Å². The number of hydrogen-bond acceptors (Lipinski definition) is 3. The zero-order chi connectivity index (χ0) is 12.8. The molecule has 0 saturated carbocycles. The van der Waals surface area contributed by atoms with Gasteiger partial charge in [0.25, 0.3) is 5.91 Å². The van der Waals surface area contributed by atoms with E-state index in [1.807, 2.05) is 7.05 Å². The third kappa shape index (κ3) is 4.11. The number of amides is 1. The predicted octanol–water partition coefficient (Wildman–Crippen LogP) is 1.29. The molecule has 1 amide bonds. The minimum Gasteiger partial charge on any atom is -0.351 e. The minimum atomic E-state index is -0.595. The van der Waals surface area contributed by atoms with Crippen LogP contribution in [-0.4, -0.2) is 42.0 Å². The Kier molecular flexibility index (Phi) is 5.03. The third-order valence-electron chi connectivity index (χ3n) is 2.65. The summed E-state index contributed by atoms with van der Waals surface area (Å²) in [5.74, 6) is -0.996. The first kappa shape index (κ1) is 13.6. The number of pyridine rings is 1. The van der Waals surface area contributed by atoms with Gasteiger partial charge < -0.3 is 10.2 Å². The Morgan fingerprint density at radius 1 is 1.59 bits per heavy atom. The molecule has 5 heteroatoms. The highest BCUT2D eigenvalue weighted by molar-refractivity contribution is 5.94. The fourth-order valence-electron chi connectivity index (χ4n) is 1.26. The van der Waals surface area contributed by atoms with Gasteiger partial charge in [-0.25, -0.2) is 4.39 Å². The number of halogens is 1. The lowest BCUT2D eigenvalue weighted by Crippen LogP contribution is -2.36. The Hall–Kier alpha value is -1.49. The summed E-state index contributed by atoms with van der Waals surface area (Å²) in [5, 5.41) is 2.68. The van der Waals surface area contributed by atoms with E-state index in [1.165, 1.54) is 12.3 Å². The maximum atomic E-state index is 13.2. The average Bonchev–Trinajstić information content (AvgIpc) is 2.29. The van der Waals surface area contributed by atoms with E-state index in [-0.39, 0.29) is 5.56 Å². The summed E-state index contributed by atoms with van der Waals surface area (Å²) < 4.78 is 13.2. The second-order valence-corrected chi connectivity index (χ2v) is 4.19. The first-order chi connectivity index (χ1) is 8.02. The fraction of sp³-hybridized carbons (Fsp3) is 0.500. The van der Waals surface area contributed by atoms with Crippen LogP contribution in [0, 0.1) is 5.82 Å². The lowest BCUT2D eigenvalue weighted by atomic mass is 10.2. The van der Waals surface area contributed by atoms with E-state index in [1.54, 1.807) is 0 Å². The number of aromatic nitrogens is 1. The Morgan fingerprint density at radius 3 is 2.88 bits per heavy atom. The Labute approximate surface area is 101 Å². The predicted molar refractivity (Wildman–Crippen MR) is 64.3 cm³/mol. The first-order valence-corrected chi connectivity index (χ1v) is 5.60. The Morgan fingerprint density at radius 2 is 2.29 bits per heavy atom. The molecule has 0 fully saturated rings. The number of likely N-dealkylation sites (N-methyl/N-ethyl adjacent to an activating group) is 1. The lowest BCUT2D eigenvalue weighted by Gasteiger charge is -2.20. The van der Waals surface area contributed by atoms with Crippen LogP contribution in [0.15, 0.2) is 18.5 Å². The van der Waals surface area contributed by atoms with Crippen molar-refractivity contribution in [3.8, 4) is 0 Å². The van der Waals surface area contributed by atoms with Crippen molar-refractivity contribution in [1.82, 2.24) is 15.2 Å². The molecule has 17 heavy (non-hydrogen) atoms. The van der Waals surface area contributed by atoms with Gasteiger partial charge in [-0.05, 0) is 27.0 Å². The van der Waals surface area contributed by atoms with Gasteiger partial charge in [-0.15, -0.1) is 0 Å². The molecule has 0 aromatic carbocycles. The molecule has 0 aliphatic heterocycles. The summed E-state index contributed by atoms with van der Waals surface area (Å²) in [7, 11) is 1.98. The minimum absolute atomic E-state index is 0.0344. The zero-order valence-electron chi connectivity index (χ0n) is 10.4. The van der Waals surface area contributed by atoms with Crippen LogP contribution in [0.5, 0.6) is 0 Å². The van der Waals surface area contributed by atoms with Crippen LogP contribution in [0.3, 0.4) is 0 Å². The van der Waals surface area contributed by atoms with Crippen molar-refractivity contribution in [2.24, 2.45) is 0 Å². The maximum absolute atomic E-state index is 13.2. The molecule has 4 nitrogen and oxygen atoms in total. The normalized spacial score (nSPS) is 10.9. The van der Waals surface area contributed by atoms with E-state index in [0.29, 0.717) is 12.6 Å². The number of carbonyl (C=O) groups is 1.